The molecule has 2 nitrogen and oxygen atoms in total. The summed E-state index contributed by atoms with van der Waals surface area (Å²) in [5, 5.41) is 13.9. The molecule has 0 aromatic rings. The van der Waals surface area contributed by atoms with Crippen LogP contribution in [-0.2, 0) is 0 Å². The van der Waals surface area contributed by atoms with Gasteiger partial charge in [0.1, 0.15) is 0 Å². The van der Waals surface area contributed by atoms with E-state index in [1.807, 2.05) is 0 Å². The molecule has 0 aromatic heterocycles. The van der Waals surface area contributed by atoms with E-state index in [9.17, 15) is 5.11 Å². The first-order valence-electron chi connectivity index (χ1n) is 7.07. The number of rotatable bonds is 2. The Bertz CT molecular complexity index is 213. The van der Waals surface area contributed by atoms with Crippen LogP contribution in [0.15, 0.2) is 0 Å². The highest BCUT2D eigenvalue weighted by molar-refractivity contribution is 4.85. The SMILES string of the molecule is CC1CCC(C(O)C2CCCNC2)CC1C. The first-order chi connectivity index (χ1) is 7.68. The van der Waals surface area contributed by atoms with E-state index in [4.69, 9.17) is 0 Å². The number of hydrogen-bond acceptors (Lipinski definition) is 2. The number of aliphatic hydroxyl groups excluding tert-OH is 1. The Morgan fingerprint density at radius 3 is 2.50 bits per heavy atom. The lowest BCUT2D eigenvalue weighted by Gasteiger charge is -2.38. The smallest absolute Gasteiger partial charge is 0.0608 e. The van der Waals surface area contributed by atoms with E-state index in [2.05, 4.69) is 19.2 Å². The largest absolute Gasteiger partial charge is 0.393 e. The number of hydrogen-bond donors (Lipinski definition) is 2. The maximum atomic E-state index is 10.5. The summed E-state index contributed by atoms with van der Waals surface area (Å²) < 4.78 is 0. The van der Waals surface area contributed by atoms with Gasteiger partial charge in [0.25, 0.3) is 0 Å². The molecule has 1 aliphatic carbocycles. The molecule has 1 heterocycles. The van der Waals surface area contributed by atoms with E-state index in [-0.39, 0.29) is 6.10 Å². The molecule has 2 aliphatic rings. The lowest BCUT2D eigenvalue weighted by molar-refractivity contribution is 0.00648. The summed E-state index contributed by atoms with van der Waals surface area (Å²) in [6, 6.07) is 0. The molecule has 2 heteroatoms. The van der Waals surface area contributed by atoms with Crippen LogP contribution in [0, 0.1) is 23.7 Å². The maximum absolute atomic E-state index is 10.5. The summed E-state index contributed by atoms with van der Waals surface area (Å²) in [7, 11) is 0. The summed E-state index contributed by atoms with van der Waals surface area (Å²) in [4.78, 5) is 0. The van der Waals surface area contributed by atoms with Crippen molar-refractivity contribution >= 4 is 0 Å². The molecule has 1 saturated heterocycles. The van der Waals surface area contributed by atoms with Gasteiger partial charge in [-0.1, -0.05) is 20.3 Å². The highest BCUT2D eigenvalue weighted by atomic mass is 16.3. The molecule has 2 fully saturated rings. The zero-order valence-electron chi connectivity index (χ0n) is 10.8. The van der Waals surface area contributed by atoms with Crippen molar-refractivity contribution in [1.82, 2.24) is 5.32 Å². The number of aliphatic hydroxyl groups is 1. The van der Waals surface area contributed by atoms with Crippen LogP contribution >= 0.6 is 0 Å². The third-order valence-electron chi connectivity index (χ3n) is 4.94. The summed E-state index contributed by atoms with van der Waals surface area (Å²) in [5.41, 5.74) is 0. The van der Waals surface area contributed by atoms with Crippen LogP contribution in [0.1, 0.15) is 46.0 Å². The van der Waals surface area contributed by atoms with Crippen LogP contribution in [0.4, 0.5) is 0 Å². The third kappa shape index (κ3) is 2.78. The van der Waals surface area contributed by atoms with Crippen LogP contribution < -0.4 is 5.32 Å². The van der Waals surface area contributed by atoms with E-state index in [1.54, 1.807) is 0 Å². The molecule has 5 atom stereocenters. The predicted molar refractivity (Wildman–Crippen MR) is 67.3 cm³/mol. The van der Waals surface area contributed by atoms with E-state index >= 15 is 0 Å². The highest BCUT2D eigenvalue weighted by Crippen LogP contribution is 2.37. The molecule has 0 aromatic carbocycles. The van der Waals surface area contributed by atoms with Crippen molar-refractivity contribution in [1.29, 1.82) is 0 Å². The molecule has 1 aliphatic heterocycles. The second-order valence-corrected chi connectivity index (χ2v) is 6.12. The average Bonchev–Trinajstić information content (AvgIpc) is 2.33. The van der Waals surface area contributed by atoms with Crippen molar-refractivity contribution in [3.8, 4) is 0 Å². The fraction of sp³-hybridized carbons (Fsp3) is 1.00. The molecular formula is C14H27NO. The second kappa shape index (κ2) is 5.50. The minimum absolute atomic E-state index is 0.0530. The van der Waals surface area contributed by atoms with Gasteiger partial charge in [0.05, 0.1) is 6.10 Å². The molecular weight excluding hydrogens is 198 g/mol. The van der Waals surface area contributed by atoms with Gasteiger partial charge in [0.15, 0.2) is 0 Å². The Morgan fingerprint density at radius 1 is 1.06 bits per heavy atom. The zero-order valence-corrected chi connectivity index (χ0v) is 10.8. The summed E-state index contributed by atoms with van der Waals surface area (Å²) >= 11 is 0. The first-order valence-corrected chi connectivity index (χ1v) is 7.07. The Morgan fingerprint density at radius 2 is 1.88 bits per heavy atom. The Kier molecular flexibility index (Phi) is 4.26. The van der Waals surface area contributed by atoms with Crippen molar-refractivity contribution in [2.24, 2.45) is 23.7 Å². The van der Waals surface area contributed by atoms with Gasteiger partial charge >= 0.3 is 0 Å². The van der Waals surface area contributed by atoms with Gasteiger partial charge in [-0.25, -0.2) is 0 Å². The Labute approximate surface area is 99.8 Å². The monoisotopic (exact) mass is 225 g/mol. The molecule has 0 amide bonds. The summed E-state index contributed by atoms with van der Waals surface area (Å²) in [6.45, 7) is 6.88. The van der Waals surface area contributed by atoms with E-state index in [0.29, 0.717) is 11.8 Å². The molecule has 2 N–H and O–H groups in total. The first kappa shape index (κ1) is 12.4. The van der Waals surface area contributed by atoms with E-state index in [0.717, 1.165) is 24.9 Å². The lowest BCUT2D eigenvalue weighted by atomic mass is 9.71. The molecule has 0 bridgehead atoms. The van der Waals surface area contributed by atoms with Crippen molar-refractivity contribution in [2.75, 3.05) is 13.1 Å². The number of nitrogens with one attached hydrogen (secondary N) is 1. The molecule has 0 spiro atoms. The predicted octanol–water partition coefficient (Wildman–Crippen LogP) is 2.42. The summed E-state index contributed by atoms with van der Waals surface area (Å²) in [6.07, 6.45) is 6.18. The van der Waals surface area contributed by atoms with Gasteiger partial charge in [-0.3, -0.25) is 0 Å². The fourth-order valence-corrected chi connectivity index (χ4v) is 3.45. The van der Waals surface area contributed by atoms with Crippen molar-refractivity contribution in [3.63, 3.8) is 0 Å². The van der Waals surface area contributed by atoms with Crippen LogP contribution in [0.25, 0.3) is 0 Å². The topological polar surface area (TPSA) is 32.3 Å². The Hall–Kier alpha value is -0.0800. The standard InChI is InChI=1S/C14H27NO/c1-10-5-6-12(8-11(10)2)14(16)13-4-3-7-15-9-13/h10-16H,3-9H2,1-2H3. The van der Waals surface area contributed by atoms with Gasteiger partial charge in [0, 0.05) is 6.54 Å². The molecule has 16 heavy (non-hydrogen) atoms. The van der Waals surface area contributed by atoms with Gasteiger partial charge < -0.3 is 10.4 Å². The lowest BCUT2D eigenvalue weighted by Crippen LogP contribution is -2.42. The zero-order chi connectivity index (χ0) is 11.5. The van der Waals surface area contributed by atoms with Crippen molar-refractivity contribution in [2.45, 2.75) is 52.1 Å². The summed E-state index contributed by atoms with van der Waals surface area (Å²) in [5.74, 6) is 2.73. The van der Waals surface area contributed by atoms with E-state index < -0.39 is 0 Å². The minimum Gasteiger partial charge on any atom is -0.393 e. The second-order valence-electron chi connectivity index (χ2n) is 6.12. The highest BCUT2D eigenvalue weighted by Gasteiger charge is 2.33. The van der Waals surface area contributed by atoms with Crippen molar-refractivity contribution < 1.29 is 5.11 Å². The van der Waals surface area contributed by atoms with Gasteiger partial charge in [0.2, 0.25) is 0 Å². The fourth-order valence-electron chi connectivity index (χ4n) is 3.45. The number of piperidine rings is 1. The Balaban J connectivity index is 1.86. The molecule has 1 saturated carbocycles. The minimum atomic E-state index is -0.0530. The quantitative estimate of drug-likeness (QED) is 0.756. The van der Waals surface area contributed by atoms with Gasteiger partial charge in [-0.2, -0.15) is 0 Å². The maximum Gasteiger partial charge on any atom is 0.0608 e. The molecule has 2 rings (SSSR count). The van der Waals surface area contributed by atoms with Crippen LogP contribution in [0.2, 0.25) is 0 Å². The van der Waals surface area contributed by atoms with Crippen LogP contribution in [-0.4, -0.2) is 24.3 Å². The molecule has 5 unspecified atom stereocenters. The van der Waals surface area contributed by atoms with E-state index in [1.165, 1.54) is 32.1 Å². The van der Waals surface area contributed by atoms with Crippen LogP contribution in [0.5, 0.6) is 0 Å². The average molecular weight is 225 g/mol. The molecule has 94 valence electrons. The van der Waals surface area contributed by atoms with Crippen LogP contribution in [0.3, 0.4) is 0 Å². The molecule has 0 radical (unpaired) electrons. The van der Waals surface area contributed by atoms with Crippen molar-refractivity contribution in [3.05, 3.63) is 0 Å². The third-order valence-corrected chi connectivity index (χ3v) is 4.94. The normalized spacial score (nSPS) is 42.9. The van der Waals surface area contributed by atoms with Gasteiger partial charge in [-0.15, -0.1) is 0 Å². The van der Waals surface area contributed by atoms with Gasteiger partial charge in [-0.05, 0) is 55.9 Å².